The lowest BCUT2D eigenvalue weighted by molar-refractivity contribution is 0.461. The fourth-order valence-electron chi connectivity index (χ4n) is 2.25. The second kappa shape index (κ2) is 4.80. The fourth-order valence-corrected chi connectivity index (χ4v) is 2.57. The average Bonchev–Trinajstić information content (AvgIpc) is 2.26. The quantitative estimate of drug-likeness (QED) is 0.738. The van der Waals surface area contributed by atoms with Crippen molar-refractivity contribution in [3.63, 3.8) is 0 Å². The first kappa shape index (κ1) is 10.7. The molecular formula is C13H16ClN. The van der Waals surface area contributed by atoms with Crippen LogP contribution in [0.4, 0.5) is 0 Å². The van der Waals surface area contributed by atoms with Crippen LogP contribution < -0.4 is 0 Å². The highest BCUT2D eigenvalue weighted by Crippen LogP contribution is 2.29. The lowest BCUT2D eigenvalue weighted by atomic mass is 9.83. The smallest absolute Gasteiger partial charge is 0.0742 e. The molecule has 0 radical (unpaired) electrons. The summed E-state index contributed by atoms with van der Waals surface area (Å²) in [5.74, 6) is 0.454. The van der Waals surface area contributed by atoms with Gasteiger partial charge in [-0.25, -0.2) is 0 Å². The van der Waals surface area contributed by atoms with Gasteiger partial charge in [0.05, 0.1) is 5.38 Å². The topological polar surface area (TPSA) is 23.9 Å². The first-order valence-electron chi connectivity index (χ1n) is 5.52. The molecule has 80 valence electrons. The van der Waals surface area contributed by atoms with Gasteiger partial charge in [-0.15, -0.1) is 11.6 Å². The Kier molecular flexibility index (Phi) is 3.42. The number of nitrogens with one attached hydrogen (secondary N) is 1. The number of benzene rings is 1. The zero-order valence-corrected chi connectivity index (χ0v) is 9.50. The fraction of sp³-hybridized carbons (Fsp3) is 0.462. The van der Waals surface area contributed by atoms with Gasteiger partial charge in [0, 0.05) is 5.71 Å². The molecule has 1 aromatic carbocycles. The van der Waals surface area contributed by atoms with Crippen molar-refractivity contribution < 1.29 is 0 Å². The summed E-state index contributed by atoms with van der Waals surface area (Å²) in [4.78, 5) is 0. The molecule has 2 heteroatoms. The molecule has 2 unspecified atom stereocenters. The zero-order chi connectivity index (χ0) is 10.7. The van der Waals surface area contributed by atoms with Crippen LogP contribution in [-0.4, -0.2) is 11.1 Å². The normalized spacial score (nSPS) is 26.6. The molecule has 15 heavy (non-hydrogen) atoms. The average molecular weight is 222 g/mol. The maximum Gasteiger partial charge on any atom is 0.0742 e. The van der Waals surface area contributed by atoms with Crippen LogP contribution in [0.15, 0.2) is 30.3 Å². The summed E-state index contributed by atoms with van der Waals surface area (Å²) < 4.78 is 0. The summed E-state index contributed by atoms with van der Waals surface area (Å²) in [5, 5.41) is 7.72. The SMILES string of the molecule is N=C1CCCC(Cc2ccccc2)C1Cl. The molecule has 0 bridgehead atoms. The molecule has 1 nitrogen and oxygen atoms in total. The van der Waals surface area contributed by atoms with Gasteiger partial charge in [-0.3, -0.25) is 0 Å². The summed E-state index contributed by atoms with van der Waals surface area (Å²) in [6.07, 6.45) is 4.18. The molecule has 1 aliphatic rings. The summed E-state index contributed by atoms with van der Waals surface area (Å²) >= 11 is 6.26. The molecule has 2 atom stereocenters. The second-order valence-corrected chi connectivity index (χ2v) is 4.74. The van der Waals surface area contributed by atoms with E-state index in [1.807, 2.05) is 6.07 Å². The van der Waals surface area contributed by atoms with Gasteiger partial charge in [-0.1, -0.05) is 30.3 Å². The van der Waals surface area contributed by atoms with Crippen molar-refractivity contribution in [1.82, 2.24) is 0 Å². The van der Waals surface area contributed by atoms with Gasteiger partial charge in [0.15, 0.2) is 0 Å². The largest absolute Gasteiger partial charge is 0.308 e. The lowest BCUT2D eigenvalue weighted by Crippen LogP contribution is -2.30. The van der Waals surface area contributed by atoms with Gasteiger partial charge in [0.2, 0.25) is 0 Å². The summed E-state index contributed by atoms with van der Waals surface area (Å²) in [6, 6.07) is 10.4. The first-order valence-corrected chi connectivity index (χ1v) is 5.96. The van der Waals surface area contributed by atoms with Crippen LogP contribution in [0.2, 0.25) is 0 Å². The van der Waals surface area contributed by atoms with Crippen molar-refractivity contribution in [1.29, 1.82) is 5.41 Å². The summed E-state index contributed by atoms with van der Waals surface area (Å²) in [5.41, 5.74) is 2.06. The van der Waals surface area contributed by atoms with Gasteiger partial charge in [-0.2, -0.15) is 0 Å². The van der Waals surface area contributed by atoms with E-state index in [1.165, 1.54) is 5.56 Å². The van der Waals surface area contributed by atoms with Crippen molar-refractivity contribution in [3.05, 3.63) is 35.9 Å². The molecular weight excluding hydrogens is 206 g/mol. The Morgan fingerprint density at radius 3 is 2.73 bits per heavy atom. The summed E-state index contributed by atoms with van der Waals surface area (Å²) in [6.45, 7) is 0. The number of halogens is 1. The van der Waals surface area contributed by atoms with Crippen molar-refractivity contribution in [2.75, 3.05) is 0 Å². The van der Waals surface area contributed by atoms with E-state index in [9.17, 15) is 0 Å². The first-order chi connectivity index (χ1) is 7.27. The van der Waals surface area contributed by atoms with Crippen LogP contribution in [0.3, 0.4) is 0 Å². The lowest BCUT2D eigenvalue weighted by Gasteiger charge is -2.27. The molecule has 0 saturated heterocycles. The predicted molar refractivity (Wildman–Crippen MR) is 64.9 cm³/mol. The van der Waals surface area contributed by atoms with Gasteiger partial charge >= 0.3 is 0 Å². The molecule has 1 fully saturated rings. The van der Waals surface area contributed by atoms with Gasteiger partial charge in [0.25, 0.3) is 0 Å². The molecule has 0 aromatic heterocycles. The third-order valence-corrected chi connectivity index (χ3v) is 3.73. The van der Waals surface area contributed by atoms with E-state index in [2.05, 4.69) is 24.3 Å². The van der Waals surface area contributed by atoms with Crippen LogP contribution >= 0.6 is 11.6 Å². The maximum absolute atomic E-state index is 7.76. The predicted octanol–water partition coefficient (Wildman–Crippen LogP) is 3.66. The third kappa shape index (κ3) is 2.60. The maximum atomic E-state index is 7.76. The van der Waals surface area contributed by atoms with Crippen molar-refractivity contribution in [3.8, 4) is 0 Å². The number of hydrogen-bond donors (Lipinski definition) is 1. The van der Waals surface area contributed by atoms with Gasteiger partial charge < -0.3 is 5.41 Å². The Bertz CT molecular complexity index is 334. The highest BCUT2D eigenvalue weighted by Gasteiger charge is 2.27. The highest BCUT2D eigenvalue weighted by atomic mass is 35.5. The molecule has 0 spiro atoms. The van der Waals surface area contributed by atoms with Gasteiger partial charge in [-0.05, 0) is 37.2 Å². The molecule has 0 amide bonds. The van der Waals surface area contributed by atoms with Crippen LogP contribution in [0.1, 0.15) is 24.8 Å². The second-order valence-electron chi connectivity index (χ2n) is 4.27. The van der Waals surface area contributed by atoms with Crippen molar-refractivity contribution in [2.45, 2.75) is 31.1 Å². The molecule has 1 aromatic rings. The Morgan fingerprint density at radius 1 is 1.27 bits per heavy atom. The van der Waals surface area contributed by atoms with Crippen LogP contribution in [0.25, 0.3) is 0 Å². The van der Waals surface area contributed by atoms with Crippen molar-refractivity contribution in [2.24, 2.45) is 5.92 Å². The molecule has 1 aliphatic carbocycles. The zero-order valence-electron chi connectivity index (χ0n) is 8.75. The number of hydrogen-bond acceptors (Lipinski definition) is 1. The Balaban J connectivity index is 2.02. The third-order valence-electron chi connectivity index (χ3n) is 3.11. The minimum absolute atomic E-state index is 0.0426. The Labute approximate surface area is 96.0 Å². The van der Waals surface area contributed by atoms with E-state index >= 15 is 0 Å². The Hall–Kier alpha value is -0.820. The van der Waals surface area contributed by atoms with Crippen LogP contribution in [0, 0.1) is 11.3 Å². The molecule has 1 N–H and O–H groups in total. The minimum atomic E-state index is -0.0426. The number of alkyl halides is 1. The monoisotopic (exact) mass is 221 g/mol. The highest BCUT2D eigenvalue weighted by molar-refractivity contribution is 6.32. The van der Waals surface area contributed by atoms with E-state index in [1.54, 1.807) is 0 Å². The minimum Gasteiger partial charge on any atom is -0.308 e. The van der Waals surface area contributed by atoms with Gasteiger partial charge in [0.1, 0.15) is 0 Å². The van der Waals surface area contributed by atoms with E-state index in [0.717, 1.165) is 31.4 Å². The number of rotatable bonds is 2. The van der Waals surface area contributed by atoms with Crippen LogP contribution in [-0.2, 0) is 6.42 Å². The van der Waals surface area contributed by atoms with Crippen LogP contribution in [0.5, 0.6) is 0 Å². The standard InChI is InChI=1S/C13H16ClN/c14-13-11(7-4-8-12(13)15)9-10-5-2-1-3-6-10/h1-3,5-6,11,13,15H,4,7-9H2. The summed E-state index contributed by atoms with van der Waals surface area (Å²) in [7, 11) is 0. The molecule has 0 heterocycles. The van der Waals surface area contributed by atoms with E-state index in [4.69, 9.17) is 17.0 Å². The molecule has 0 aliphatic heterocycles. The van der Waals surface area contributed by atoms with E-state index in [0.29, 0.717) is 5.92 Å². The van der Waals surface area contributed by atoms with E-state index < -0.39 is 0 Å². The van der Waals surface area contributed by atoms with Crippen molar-refractivity contribution >= 4 is 17.3 Å². The Morgan fingerprint density at radius 2 is 2.00 bits per heavy atom. The van der Waals surface area contributed by atoms with E-state index in [-0.39, 0.29) is 5.38 Å². The molecule has 1 saturated carbocycles. The molecule has 2 rings (SSSR count).